The van der Waals surface area contributed by atoms with Crippen molar-refractivity contribution in [1.29, 1.82) is 0 Å². The van der Waals surface area contributed by atoms with E-state index >= 15 is 0 Å². The summed E-state index contributed by atoms with van der Waals surface area (Å²) in [5, 5.41) is 21.5. The number of halogens is 1. The number of carbonyl (C=O) groups excluding carboxylic acids is 3. The van der Waals surface area contributed by atoms with E-state index in [1.807, 2.05) is 0 Å². The third kappa shape index (κ3) is 6.56. The summed E-state index contributed by atoms with van der Waals surface area (Å²) in [6.45, 7) is 3.14. The first-order chi connectivity index (χ1) is 14.2. The molecule has 8 nitrogen and oxygen atoms in total. The predicted molar refractivity (Wildman–Crippen MR) is 118 cm³/mol. The van der Waals surface area contributed by atoms with Crippen molar-refractivity contribution < 1.29 is 29.4 Å². The Morgan fingerprint density at radius 3 is 2.40 bits per heavy atom. The molecule has 0 radical (unpaired) electrons. The van der Waals surface area contributed by atoms with Crippen molar-refractivity contribution >= 4 is 46.1 Å². The molecule has 0 spiro atoms. The SMILES string of the molecule is CC(=O)c1ccc(NC(=O)O[C@@H](c2cc(I)ccc2O)[C@@H](C)/C=C/C(=O)NO)cc1. The van der Waals surface area contributed by atoms with Crippen LogP contribution in [-0.4, -0.2) is 28.1 Å². The minimum absolute atomic E-state index is 0.0640. The highest BCUT2D eigenvalue weighted by Crippen LogP contribution is 2.34. The number of Topliss-reactive ketones (excluding diaryl/α,β-unsaturated/α-hetero) is 1. The first-order valence-electron chi connectivity index (χ1n) is 8.90. The maximum atomic E-state index is 12.5. The zero-order valence-corrected chi connectivity index (χ0v) is 18.4. The lowest BCUT2D eigenvalue weighted by atomic mass is 9.96. The maximum Gasteiger partial charge on any atom is 0.412 e. The summed E-state index contributed by atoms with van der Waals surface area (Å²) >= 11 is 2.07. The molecule has 0 saturated heterocycles. The van der Waals surface area contributed by atoms with E-state index in [9.17, 15) is 19.5 Å². The van der Waals surface area contributed by atoms with Crippen molar-refractivity contribution in [1.82, 2.24) is 5.48 Å². The standard InChI is InChI=1S/C21H21IN2O6/c1-12(3-10-19(27)24-29)20(17-11-15(22)6-9-18(17)26)30-21(28)23-16-7-4-14(5-8-16)13(2)25/h3-12,20,26,29H,1-2H3,(H,23,28)(H,24,27)/b10-3+/t12-,20+/m0/s1. The molecule has 0 aliphatic rings. The van der Waals surface area contributed by atoms with Gasteiger partial charge in [0.15, 0.2) is 5.78 Å². The van der Waals surface area contributed by atoms with Crippen molar-refractivity contribution in [3.63, 3.8) is 0 Å². The van der Waals surface area contributed by atoms with Crippen molar-refractivity contribution in [3.05, 3.63) is 69.3 Å². The van der Waals surface area contributed by atoms with Crippen LogP contribution in [0, 0.1) is 9.49 Å². The predicted octanol–water partition coefficient (Wildman–Crippen LogP) is 4.19. The number of hydrogen-bond acceptors (Lipinski definition) is 6. The van der Waals surface area contributed by atoms with E-state index in [0.29, 0.717) is 16.8 Å². The topological polar surface area (TPSA) is 125 Å². The Kier molecular flexibility index (Phi) is 8.36. The Labute approximate surface area is 187 Å². The monoisotopic (exact) mass is 524 g/mol. The largest absolute Gasteiger partial charge is 0.508 e. The Hall–Kier alpha value is -2.92. The molecule has 2 atom stereocenters. The molecule has 2 aromatic rings. The molecular formula is C21H21IN2O6. The number of ether oxygens (including phenoxy) is 1. The molecule has 2 amide bonds. The zero-order chi connectivity index (χ0) is 22.3. The lowest BCUT2D eigenvalue weighted by Gasteiger charge is -2.23. The smallest absolute Gasteiger partial charge is 0.412 e. The molecule has 0 bridgehead atoms. The van der Waals surface area contributed by atoms with Crippen LogP contribution in [0.4, 0.5) is 10.5 Å². The summed E-state index contributed by atoms with van der Waals surface area (Å²) in [6, 6.07) is 11.2. The van der Waals surface area contributed by atoms with Crippen molar-refractivity contribution in [2.45, 2.75) is 20.0 Å². The van der Waals surface area contributed by atoms with Crippen molar-refractivity contribution in [2.75, 3.05) is 5.32 Å². The number of benzene rings is 2. The van der Waals surface area contributed by atoms with Gasteiger partial charge in [-0.25, -0.2) is 10.3 Å². The Morgan fingerprint density at radius 1 is 1.13 bits per heavy atom. The van der Waals surface area contributed by atoms with E-state index in [1.165, 1.54) is 24.5 Å². The normalized spacial score (nSPS) is 12.8. The van der Waals surface area contributed by atoms with Crippen molar-refractivity contribution in [2.24, 2.45) is 5.92 Å². The van der Waals surface area contributed by atoms with Gasteiger partial charge in [0.1, 0.15) is 11.9 Å². The summed E-state index contributed by atoms with van der Waals surface area (Å²) in [7, 11) is 0. The molecule has 2 aromatic carbocycles. The van der Waals surface area contributed by atoms with Crippen LogP contribution in [0.25, 0.3) is 0 Å². The lowest BCUT2D eigenvalue weighted by molar-refractivity contribution is -0.124. The molecule has 0 aliphatic carbocycles. The number of carbonyl (C=O) groups is 3. The minimum Gasteiger partial charge on any atom is -0.508 e. The number of amides is 2. The molecular weight excluding hydrogens is 503 g/mol. The quantitative estimate of drug-likeness (QED) is 0.142. The van der Waals surface area contributed by atoms with E-state index < -0.39 is 24.0 Å². The van der Waals surface area contributed by atoms with Gasteiger partial charge in [-0.05, 0) is 72.0 Å². The minimum atomic E-state index is -0.918. The summed E-state index contributed by atoms with van der Waals surface area (Å²) in [4.78, 5) is 35.1. The second-order valence-electron chi connectivity index (χ2n) is 6.48. The summed E-state index contributed by atoms with van der Waals surface area (Å²) < 4.78 is 6.37. The number of ketones is 1. The van der Waals surface area contributed by atoms with Crippen LogP contribution >= 0.6 is 22.6 Å². The molecule has 0 fully saturated rings. The zero-order valence-electron chi connectivity index (χ0n) is 16.3. The fraction of sp³-hybridized carbons (Fsp3) is 0.190. The number of rotatable bonds is 7. The van der Waals surface area contributed by atoms with Gasteiger partial charge in [0.2, 0.25) is 0 Å². The molecule has 0 heterocycles. The van der Waals surface area contributed by atoms with Crippen molar-refractivity contribution in [3.8, 4) is 5.75 Å². The highest BCUT2D eigenvalue weighted by atomic mass is 127. The molecule has 9 heteroatoms. The number of phenolic OH excluding ortho intramolecular Hbond substituents is 1. The molecule has 30 heavy (non-hydrogen) atoms. The van der Waals surface area contributed by atoms with Crippen LogP contribution in [0.2, 0.25) is 0 Å². The van der Waals surface area contributed by atoms with E-state index in [1.54, 1.807) is 43.3 Å². The second-order valence-corrected chi connectivity index (χ2v) is 7.73. The summed E-state index contributed by atoms with van der Waals surface area (Å²) in [5.41, 5.74) is 2.79. The van der Waals surface area contributed by atoms with Gasteiger partial charge in [-0.3, -0.25) is 20.1 Å². The number of anilines is 1. The molecule has 0 unspecified atom stereocenters. The Balaban J connectivity index is 2.24. The van der Waals surface area contributed by atoms with Gasteiger partial charge >= 0.3 is 6.09 Å². The maximum absolute atomic E-state index is 12.5. The summed E-state index contributed by atoms with van der Waals surface area (Å²) in [5.74, 6) is -1.41. The summed E-state index contributed by atoms with van der Waals surface area (Å²) in [6.07, 6.45) is 0.856. The highest BCUT2D eigenvalue weighted by molar-refractivity contribution is 14.1. The first-order valence-corrected chi connectivity index (χ1v) is 9.98. The number of aromatic hydroxyl groups is 1. The number of hydroxylamine groups is 1. The van der Waals surface area contributed by atoms with E-state index in [-0.39, 0.29) is 11.5 Å². The molecule has 4 N–H and O–H groups in total. The third-order valence-electron chi connectivity index (χ3n) is 4.21. The third-order valence-corrected chi connectivity index (χ3v) is 4.88. The fourth-order valence-electron chi connectivity index (χ4n) is 2.64. The van der Waals surface area contributed by atoms with Gasteiger partial charge < -0.3 is 9.84 Å². The van der Waals surface area contributed by atoms with Gasteiger partial charge in [0.05, 0.1) is 0 Å². The Bertz CT molecular complexity index is 958. The van der Waals surface area contributed by atoms with E-state index in [0.717, 1.165) is 9.65 Å². The molecule has 158 valence electrons. The van der Waals surface area contributed by atoms with Gasteiger partial charge in [-0.15, -0.1) is 0 Å². The lowest BCUT2D eigenvalue weighted by Crippen LogP contribution is -2.22. The van der Waals surface area contributed by atoms with Crippen LogP contribution in [0.15, 0.2) is 54.6 Å². The first kappa shape index (κ1) is 23.4. The van der Waals surface area contributed by atoms with Crippen LogP contribution in [0.3, 0.4) is 0 Å². The second kappa shape index (κ2) is 10.7. The van der Waals surface area contributed by atoms with Crippen LogP contribution in [0.5, 0.6) is 5.75 Å². The average Bonchev–Trinajstić information content (AvgIpc) is 2.72. The van der Waals surface area contributed by atoms with E-state index in [2.05, 4.69) is 27.9 Å². The molecule has 0 saturated carbocycles. The number of hydrogen-bond donors (Lipinski definition) is 4. The molecule has 0 aliphatic heterocycles. The average molecular weight is 524 g/mol. The van der Waals surface area contributed by atoms with E-state index in [4.69, 9.17) is 9.94 Å². The van der Waals surface area contributed by atoms with Gasteiger partial charge in [-0.2, -0.15) is 0 Å². The van der Waals surface area contributed by atoms with Gasteiger partial charge in [0, 0.05) is 32.4 Å². The Morgan fingerprint density at radius 2 is 1.80 bits per heavy atom. The number of phenols is 1. The van der Waals surface area contributed by atoms with Gasteiger partial charge in [0.25, 0.3) is 5.91 Å². The van der Waals surface area contributed by atoms with Crippen LogP contribution in [-0.2, 0) is 9.53 Å². The molecule has 2 rings (SSSR count). The fourth-order valence-corrected chi connectivity index (χ4v) is 3.15. The number of nitrogens with one attached hydrogen (secondary N) is 2. The van der Waals surface area contributed by atoms with Gasteiger partial charge in [-0.1, -0.05) is 13.0 Å². The highest BCUT2D eigenvalue weighted by Gasteiger charge is 2.25. The van der Waals surface area contributed by atoms with Crippen LogP contribution < -0.4 is 10.8 Å². The van der Waals surface area contributed by atoms with Crippen LogP contribution in [0.1, 0.15) is 35.9 Å². The molecule has 0 aromatic heterocycles.